The van der Waals surface area contributed by atoms with Gasteiger partial charge in [0.25, 0.3) is 0 Å². The van der Waals surface area contributed by atoms with Crippen LogP contribution in [-0.4, -0.2) is 36.7 Å². The molecule has 2 amide bonds. The molecule has 0 heterocycles. The maximum Gasteiger partial charge on any atom is 0.318 e. The van der Waals surface area contributed by atoms with Gasteiger partial charge in [-0.1, -0.05) is 18.2 Å². The van der Waals surface area contributed by atoms with Crippen molar-refractivity contribution < 1.29 is 17.4 Å². The zero-order valence-electron chi connectivity index (χ0n) is 15.3. The molecule has 1 aromatic rings. The van der Waals surface area contributed by atoms with Crippen LogP contribution in [0.5, 0.6) is 5.75 Å². The Morgan fingerprint density at radius 3 is 2.33 bits per heavy atom. The van der Waals surface area contributed by atoms with Gasteiger partial charge in [-0.05, 0) is 47.6 Å². The van der Waals surface area contributed by atoms with Crippen LogP contribution < -0.4 is 9.50 Å². The molecule has 0 saturated carbocycles. The lowest BCUT2D eigenvalue weighted by Gasteiger charge is -2.31. The number of carbonyl (C=O) groups excluding carboxylic acids is 1. The molecule has 0 aliphatic carbocycles. The molecule has 136 valence electrons. The predicted molar refractivity (Wildman–Crippen MR) is 95.5 cm³/mol. The van der Waals surface area contributed by atoms with Crippen LogP contribution >= 0.6 is 0 Å². The van der Waals surface area contributed by atoms with Gasteiger partial charge in [-0.25, -0.2) is 4.79 Å². The summed E-state index contributed by atoms with van der Waals surface area (Å²) in [5, 5.41) is 2.93. The molecule has 0 spiro atoms. The summed E-state index contributed by atoms with van der Waals surface area (Å²) in [5.41, 5.74) is 0.290. The van der Waals surface area contributed by atoms with Gasteiger partial charge in [-0.2, -0.15) is 8.42 Å². The van der Waals surface area contributed by atoms with Crippen LogP contribution in [0, 0.1) is 0 Å². The minimum absolute atomic E-state index is 0.0526. The van der Waals surface area contributed by atoms with Gasteiger partial charge in [0.05, 0.1) is 12.3 Å². The van der Waals surface area contributed by atoms with E-state index in [0.29, 0.717) is 5.56 Å². The molecule has 0 bridgehead atoms. The number of carbonyl (C=O) groups is 1. The summed E-state index contributed by atoms with van der Waals surface area (Å²) in [5.74, 6) is 0.147. The molecule has 0 aromatic heterocycles. The molecule has 1 aromatic carbocycles. The molecule has 0 atom stereocenters. The van der Waals surface area contributed by atoms with E-state index in [-0.39, 0.29) is 35.7 Å². The smallest absolute Gasteiger partial charge is 0.318 e. The molecule has 0 fully saturated rings. The maximum absolute atomic E-state index is 12.5. The lowest BCUT2D eigenvalue weighted by Crippen LogP contribution is -2.50. The Kier molecular flexibility index (Phi) is 6.66. The second-order valence-electron chi connectivity index (χ2n) is 6.94. The van der Waals surface area contributed by atoms with E-state index in [1.165, 1.54) is 6.92 Å². The molecule has 0 unspecified atom stereocenters. The van der Waals surface area contributed by atoms with Gasteiger partial charge in [0, 0.05) is 17.1 Å². The van der Waals surface area contributed by atoms with E-state index < -0.39 is 10.1 Å². The first-order valence-corrected chi connectivity index (χ1v) is 9.62. The number of hydrogen-bond donors (Lipinski definition) is 1. The standard InChI is InChI=1S/C17H28N2O4S/c1-7-24(21,22)23-15-11-9-8-10-14(15)12-19(13(2)3)16(20)18-17(4,5)6/h8-11,13H,7,12H2,1-6H3,(H,18,20). The van der Waals surface area contributed by atoms with Crippen LogP contribution in [0.3, 0.4) is 0 Å². The minimum atomic E-state index is -3.62. The van der Waals surface area contributed by atoms with Gasteiger partial charge in [-0.3, -0.25) is 0 Å². The third-order valence-electron chi connectivity index (χ3n) is 3.25. The zero-order chi connectivity index (χ0) is 18.5. The quantitative estimate of drug-likeness (QED) is 0.795. The molecule has 0 radical (unpaired) electrons. The number of nitrogens with one attached hydrogen (secondary N) is 1. The lowest BCUT2D eigenvalue weighted by atomic mass is 10.1. The molecule has 7 heteroatoms. The van der Waals surface area contributed by atoms with Crippen LogP contribution in [0.25, 0.3) is 0 Å². The van der Waals surface area contributed by atoms with Gasteiger partial charge in [0.2, 0.25) is 0 Å². The Balaban J connectivity index is 3.06. The average molecular weight is 356 g/mol. The van der Waals surface area contributed by atoms with E-state index in [9.17, 15) is 13.2 Å². The number of urea groups is 1. The average Bonchev–Trinajstić information content (AvgIpc) is 2.43. The van der Waals surface area contributed by atoms with Crippen LogP contribution in [0.2, 0.25) is 0 Å². The van der Waals surface area contributed by atoms with E-state index in [1.54, 1.807) is 29.2 Å². The number of rotatable bonds is 6. The van der Waals surface area contributed by atoms with Gasteiger partial charge in [0.1, 0.15) is 5.75 Å². The fourth-order valence-corrected chi connectivity index (χ4v) is 2.53. The summed E-state index contributed by atoms with van der Waals surface area (Å²) < 4.78 is 28.7. The number of hydrogen-bond acceptors (Lipinski definition) is 4. The summed E-state index contributed by atoms with van der Waals surface area (Å²) in [6.45, 7) is 11.3. The van der Waals surface area contributed by atoms with Crippen molar-refractivity contribution in [1.29, 1.82) is 0 Å². The largest absolute Gasteiger partial charge is 0.382 e. The normalized spacial score (nSPS) is 12.1. The van der Waals surface area contributed by atoms with E-state index in [2.05, 4.69) is 5.32 Å². The van der Waals surface area contributed by atoms with Gasteiger partial charge < -0.3 is 14.4 Å². The highest BCUT2D eigenvalue weighted by atomic mass is 32.2. The first-order valence-electron chi connectivity index (χ1n) is 8.04. The van der Waals surface area contributed by atoms with E-state index in [1.807, 2.05) is 34.6 Å². The predicted octanol–water partition coefficient (Wildman–Crippen LogP) is 3.13. The molecule has 0 aliphatic heterocycles. The van der Waals surface area contributed by atoms with Crippen molar-refractivity contribution >= 4 is 16.1 Å². The molecule has 0 saturated heterocycles. The monoisotopic (exact) mass is 356 g/mol. The second kappa shape index (κ2) is 7.88. The van der Waals surface area contributed by atoms with Crippen LogP contribution in [-0.2, 0) is 16.7 Å². The first-order chi connectivity index (χ1) is 10.9. The number of nitrogens with zero attached hydrogens (tertiary/aromatic N) is 1. The van der Waals surface area contributed by atoms with E-state index in [4.69, 9.17) is 4.18 Å². The highest BCUT2D eigenvalue weighted by Crippen LogP contribution is 2.23. The fraction of sp³-hybridized carbons (Fsp3) is 0.588. The Labute approximate surface area is 145 Å². The number of amides is 2. The Hall–Kier alpha value is -1.76. The van der Waals surface area contributed by atoms with Crippen molar-refractivity contribution in [3.63, 3.8) is 0 Å². The third-order valence-corrected chi connectivity index (χ3v) is 4.39. The third kappa shape index (κ3) is 6.39. The molecular weight excluding hydrogens is 328 g/mol. The van der Waals surface area contributed by atoms with E-state index in [0.717, 1.165) is 0 Å². The molecule has 1 N–H and O–H groups in total. The summed E-state index contributed by atoms with van der Waals surface area (Å²) >= 11 is 0. The van der Waals surface area contributed by atoms with Gasteiger partial charge in [-0.15, -0.1) is 0 Å². The molecule has 6 nitrogen and oxygen atoms in total. The van der Waals surface area contributed by atoms with Crippen molar-refractivity contribution in [2.75, 3.05) is 5.75 Å². The second-order valence-corrected chi connectivity index (χ2v) is 8.80. The first kappa shape index (κ1) is 20.3. The topological polar surface area (TPSA) is 75.7 Å². The highest BCUT2D eigenvalue weighted by Gasteiger charge is 2.23. The number of para-hydroxylation sites is 1. The summed E-state index contributed by atoms with van der Waals surface area (Å²) in [6.07, 6.45) is 0. The van der Waals surface area contributed by atoms with Crippen molar-refractivity contribution in [2.24, 2.45) is 0 Å². The maximum atomic E-state index is 12.5. The summed E-state index contributed by atoms with van der Waals surface area (Å²) in [4.78, 5) is 14.2. The van der Waals surface area contributed by atoms with Crippen LogP contribution in [0.4, 0.5) is 4.79 Å². The van der Waals surface area contributed by atoms with Crippen molar-refractivity contribution in [2.45, 2.75) is 59.7 Å². The molecule has 24 heavy (non-hydrogen) atoms. The highest BCUT2D eigenvalue weighted by molar-refractivity contribution is 7.87. The summed E-state index contributed by atoms with van der Waals surface area (Å²) in [7, 11) is -3.62. The van der Waals surface area contributed by atoms with Crippen molar-refractivity contribution in [1.82, 2.24) is 10.2 Å². The molecule has 0 aliphatic rings. The van der Waals surface area contributed by atoms with Crippen molar-refractivity contribution in [3.8, 4) is 5.75 Å². The fourth-order valence-electron chi connectivity index (χ4n) is 1.98. The van der Waals surface area contributed by atoms with Crippen LogP contribution in [0.1, 0.15) is 47.1 Å². The minimum Gasteiger partial charge on any atom is -0.382 e. The molecule has 1 rings (SSSR count). The van der Waals surface area contributed by atoms with Gasteiger partial charge >= 0.3 is 16.1 Å². The SMILES string of the molecule is CCS(=O)(=O)Oc1ccccc1CN(C(=O)NC(C)(C)C)C(C)C. The zero-order valence-corrected chi connectivity index (χ0v) is 16.1. The van der Waals surface area contributed by atoms with Crippen molar-refractivity contribution in [3.05, 3.63) is 29.8 Å². The summed E-state index contributed by atoms with van der Waals surface area (Å²) in [6, 6.07) is 6.61. The van der Waals surface area contributed by atoms with E-state index >= 15 is 0 Å². The van der Waals surface area contributed by atoms with Gasteiger partial charge in [0.15, 0.2) is 0 Å². The Bertz CT molecular complexity index is 663. The lowest BCUT2D eigenvalue weighted by molar-refractivity contribution is 0.171. The number of benzene rings is 1. The van der Waals surface area contributed by atoms with Crippen LogP contribution in [0.15, 0.2) is 24.3 Å². The Morgan fingerprint density at radius 2 is 1.83 bits per heavy atom. The Morgan fingerprint density at radius 1 is 1.25 bits per heavy atom. The molecular formula is C17H28N2O4S.